The van der Waals surface area contributed by atoms with E-state index < -0.39 is 139 Å². The summed E-state index contributed by atoms with van der Waals surface area (Å²) in [6.45, 7) is 5.19. The number of imidazole rings is 1. The first-order valence-corrected chi connectivity index (χ1v) is 25.6. The topological polar surface area (TPSA) is 467 Å². The van der Waals surface area contributed by atoms with Crippen LogP contribution in [-0.2, 0) is 60.8 Å². The molecule has 1 heterocycles. The van der Waals surface area contributed by atoms with Crippen LogP contribution >= 0.6 is 0 Å². The average molecular weight is 1100 g/mol. The fourth-order valence-electron chi connectivity index (χ4n) is 7.80. The molecule has 0 bridgehead atoms. The molecule has 2 aromatic rings. The van der Waals surface area contributed by atoms with Crippen molar-refractivity contribution < 1.29 is 63.3 Å². The molecule has 1 unspecified atom stereocenters. The maximum absolute atomic E-state index is 14.2. The standard InChI is InChI=1S/C49H78N16O13/c1-6-26(2)39(48(78)65(24-38(70)71)32-14-15-32)61-36(68)23-64(18-16-50)37(69)22-56-46(76)40(28(4)66)63-47(77)41(29(5)67)62-45(75)35(20-31-21-54-25-57-31)60-44(74)34(19-30-11-8-7-9-12-30)59-42(72)27(3)58-43(73)33(51)13-10-17-55-49(52)53/h7-9,11-12,21,25-29,32-35,39-41,66-67H,6,10,13-20,22-24,50-51H2,1-5H3,(H,54,57)(H,56,76)(H,58,73)(H,59,72)(H,60,74)(H,61,68)(H,62,75)(H,63,77)(H,70,71)(H4,52,53,55)/t26?,27-,28+,29+,33-,34+,35-,39-,40-,41-/m0/s1. The number of aromatic nitrogens is 2. The van der Waals surface area contributed by atoms with Gasteiger partial charge in [-0.2, -0.15) is 0 Å². The Hall–Kier alpha value is -7.76. The largest absolute Gasteiger partial charge is 0.480 e. The van der Waals surface area contributed by atoms with Crippen molar-refractivity contribution in [3.05, 3.63) is 54.1 Å². The Morgan fingerprint density at radius 1 is 0.769 bits per heavy atom. The number of aliphatic imine (C=N–C) groups is 1. The second-order valence-electron chi connectivity index (χ2n) is 19.2. The van der Waals surface area contributed by atoms with Crippen LogP contribution in [0.5, 0.6) is 0 Å². The number of carbonyl (C=O) groups is 10. The number of aliphatic carboxylic acids is 1. The van der Waals surface area contributed by atoms with Gasteiger partial charge in [0, 0.05) is 50.4 Å². The highest BCUT2D eigenvalue weighted by atomic mass is 16.4. The van der Waals surface area contributed by atoms with Crippen molar-refractivity contribution in [3.63, 3.8) is 0 Å². The molecule has 1 aliphatic carbocycles. The number of carboxylic acid groups (broad SMARTS) is 1. The fourth-order valence-corrected chi connectivity index (χ4v) is 7.80. The van der Waals surface area contributed by atoms with Crippen LogP contribution < -0.4 is 60.2 Å². The van der Waals surface area contributed by atoms with Gasteiger partial charge in [-0.05, 0) is 57.9 Å². The van der Waals surface area contributed by atoms with Crippen LogP contribution in [0.4, 0.5) is 0 Å². The third-order valence-corrected chi connectivity index (χ3v) is 12.6. The molecule has 1 aromatic heterocycles. The van der Waals surface area contributed by atoms with Gasteiger partial charge < -0.3 is 90.3 Å². The first-order valence-electron chi connectivity index (χ1n) is 25.6. The number of hydrogen-bond acceptors (Lipinski definition) is 16. The zero-order valence-corrected chi connectivity index (χ0v) is 44.6. The van der Waals surface area contributed by atoms with Crippen molar-refractivity contribution in [1.29, 1.82) is 0 Å². The summed E-state index contributed by atoms with van der Waals surface area (Å²) in [6.07, 6.45) is 1.29. The summed E-state index contributed by atoms with van der Waals surface area (Å²) in [5.74, 6) is -9.49. The minimum Gasteiger partial charge on any atom is -0.480 e. The van der Waals surface area contributed by atoms with Gasteiger partial charge in [-0.15, -0.1) is 0 Å². The third-order valence-electron chi connectivity index (χ3n) is 12.6. The summed E-state index contributed by atoms with van der Waals surface area (Å²) >= 11 is 0. The molecule has 29 heteroatoms. The molecule has 1 aliphatic rings. The molecule has 1 fully saturated rings. The van der Waals surface area contributed by atoms with Gasteiger partial charge in [-0.1, -0.05) is 50.6 Å². The number of aliphatic hydroxyl groups is 2. The van der Waals surface area contributed by atoms with E-state index in [4.69, 9.17) is 22.9 Å². The highest BCUT2D eigenvalue weighted by Crippen LogP contribution is 2.28. The third kappa shape index (κ3) is 21.7. The highest BCUT2D eigenvalue weighted by Gasteiger charge is 2.40. The van der Waals surface area contributed by atoms with Crippen molar-refractivity contribution in [2.75, 3.05) is 39.3 Å². The van der Waals surface area contributed by atoms with Crippen molar-refractivity contribution >= 4 is 65.1 Å². The van der Waals surface area contributed by atoms with E-state index in [0.717, 1.165) is 18.7 Å². The van der Waals surface area contributed by atoms with E-state index in [0.29, 0.717) is 36.9 Å². The van der Waals surface area contributed by atoms with Gasteiger partial charge in [0.15, 0.2) is 5.96 Å². The zero-order valence-electron chi connectivity index (χ0n) is 44.6. The Morgan fingerprint density at radius 2 is 1.37 bits per heavy atom. The van der Waals surface area contributed by atoms with E-state index in [9.17, 15) is 63.3 Å². The molecular formula is C49H78N16O13. The Morgan fingerprint density at radius 3 is 1.94 bits per heavy atom. The lowest BCUT2D eigenvalue weighted by Gasteiger charge is -2.31. The van der Waals surface area contributed by atoms with Crippen LogP contribution in [0.2, 0.25) is 0 Å². The van der Waals surface area contributed by atoms with E-state index in [1.54, 1.807) is 44.2 Å². The number of rotatable bonds is 34. The Labute approximate surface area is 451 Å². The molecule has 9 amide bonds. The lowest BCUT2D eigenvalue weighted by atomic mass is 9.97. The number of nitrogens with zero attached hydrogens (tertiary/aromatic N) is 4. The van der Waals surface area contributed by atoms with Crippen LogP contribution in [0, 0.1) is 5.92 Å². The monoisotopic (exact) mass is 1100 g/mol. The molecule has 1 aromatic carbocycles. The number of aromatic amines is 1. The molecular weight excluding hydrogens is 1020 g/mol. The van der Waals surface area contributed by atoms with E-state index in [1.165, 1.54) is 24.3 Å². The highest BCUT2D eigenvalue weighted by molar-refractivity contribution is 5.98. The SMILES string of the molecule is CCC(C)[C@H](NC(=O)CN(CCN)C(=O)CNC(=O)[C@@H](NC(=O)[C@@H](NC(=O)[C@H](Cc1cnc[nH]1)NC(=O)[C@@H](Cc1ccccc1)NC(=O)[C@H](C)NC(=O)[C@@H](N)CCCN=C(N)N)[C@@H](C)O)[C@@H](C)O)C(=O)N(CC(=O)O)C1CC1. The number of amides is 9. The first kappa shape index (κ1) is 64.5. The number of carbonyl (C=O) groups excluding carboxylic acids is 9. The van der Waals surface area contributed by atoms with Crippen molar-refractivity contribution in [2.45, 2.75) is 140 Å². The van der Waals surface area contributed by atoms with Gasteiger partial charge in [0.2, 0.25) is 53.2 Å². The molecule has 0 aliphatic heterocycles. The number of carboxylic acids is 1. The fraction of sp³-hybridized carbons (Fsp3) is 0.592. The molecule has 10 atom stereocenters. The number of guanidine groups is 1. The Bertz CT molecular complexity index is 2370. The number of aliphatic hydroxyl groups excluding tert-OH is 2. The molecule has 3 rings (SSSR count). The maximum Gasteiger partial charge on any atom is 0.323 e. The molecule has 0 spiro atoms. The zero-order chi connectivity index (χ0) is 58.2. The molecule has 78 heavy (non-hydrogen) atoms. The van der Waals surface area contributed by atoms with Gasteiger partial charge in [-0.3, -0.25) is 52.9 Å². The minimum absolute atomic E-state index is 0.0902. The van der Waals surface area contributed by atoms with Crippen LogP contribution in [0.25, 0.3) is 0 Å². The van der Waals surface area contributed by atoms with E-state index in [1.807, 2.05) is 0 Å². The second-order valence-corrected chi connectivity index (χ2v) is 19.2. The summed E-state index contributed by atoms with van der Waals surface area (Å²) in [7, 11) is 0. The molecule has 0 saturated heterocycles. The lowest BCUT2D eigenvalue weighted by Crippen LogP contribution is -2.62. The first-order chi connectivity index (χ1) is 36.9. The van der Waals surface area contributed by atoms with Crippen molar-refractivity contribution in [1.82, 2.24) is 57.0 Å². The van der Waals surface area contributed by atoms with E-state index in [2.05, 4.69) is 52.2 Å². The van der Waals surface area contributed by atoms with Gasteiger partial charge >= 0.3 is 5.97 Å². The smallest absolute Gasteiger partial charge is 0.323 e. The van der Waals surface area contributed by atoms with Gasteiger partial charge in [0.05, 0.1) is 37.7 Å². The maximum atomic E-state index is 14.2. The summed E-state index contributed by atoms with van der Waals surface area (Å²) in [5, 5.41) is 48.2. The van der Waals surface area contributed by atoms with Crippen molar-refractivity contribution in [2.24, 2.45) is 33.8 Å². The molecule has 19 N–H and O–H groups in total. The van der Waals surface area contributed by atoms with Crippen LogP contribution in [0.3, 0.4) is 0 Å². The average Bonchev–Trinajstić information content (AvgIpc) is 4.11. The van der Waals surface area contributed by atoms with E-state index >= 15 is 0 Å². The Balaban J connectivity index is 1.74. The predicted molar refractivity (Wildman–Crippen MR) is 281 cm³/mol. The summed E-state index contributed by atoms with van der Waals surface area (Å²) < 4.78 is 0. The van der Waals surface area contributed by atoms with Crippen molar-refractivity contribution in [3.8, 4) is 0 Å². The van der Waals surface area contributed by atoms with E-state index in [-0.39, 0.29) is 50.9 Å². The quantitative estimate of drug-likeness (QED) is 0.0176. The molecule has 0 radical (unpaired) electrons. The summed E-state index contributed by atoms with van der Waals surface area (Å²) in [6, 6.07) is -1.54. The van der Waals surface area contributed by atoms with Crippen LogP contribution in [0.15, 0.2) is 47.8 Å². The second kappa shape index (κ2) is 32.1. The molecule has 432 valence electrons. The molecule has 29 nitrogen and oxygen atoms in total. The summed E-state index contributed by atoms with van der Waals surface area (Å²) in [4.78, 5) is 147. The van der Waals surface area contributed by atoms with Gasteiger partial charge in [0.25, 0.3) is 0 Å². The number of benzene rings is 1. The number of hydrogen-bond donors (Lipinski definition) is 15. The summed E-state index contributed by atoms with van der Waals surface area (Å²) in [5.41, 5.74) is 23.4. The van der Waals surface area contributed by atoms with Crippen LogP contribution in [-0.4, -0.2) is 200 Å². The molecule has 1 saturated carbocycles. The normalized spacial score (nSPS) is 15.8. The number of nitrogens with two attached hydrogens (primary N) is 4. The van der Waals surface area contributed by atoms with Gasteiger partial charge in [-0.25, -0.2) is 4.98 Å². The Kier molecular flexibility index (Phi) is 26.5. The lowest BCUT2D eigenvalue weighted by molar-refractivity contribution is -0.147. The predicted octanol–water partition coefficient (Wildman–Crippen LogP) is -5.71. The van der Waals surface area contributed by atoms with Gasteiger partial charge in [0.1, 0.15) is 42.8 Å². The minimum atomic E-state index is -1.83. The number of H-pyrrole nitrogens is 1. The number of nitrogens with one attached hydrogen (secondary N) is 8. The van der Waals surface area contributed by atoms with Crippen LogP contribution in [0.1, 0.15) is 78.0 Å².